The van der Waals surface area contributed by atoms with Crippen LogP contribution in [0.5, 0.6) is 0 Å². The zero-order valence-electron chi connectivity index (χ0n) is 17.1. The van der Waals surface area contributed by atoms with E-state index in [9.17, 15) is 13.2 Å². The first-order valence-electron chi connectivity index (χ1n) is 10.7. The second-order valence-corrected chi connectivity index (χ2v) is 10.7. The Bertz CT molecular complexity index is 1150. The first kappa shape index (κ1) is 20.0. The fraction of sp³-hybridized carbons (Fsp3) is 0.333. The number of nitrogens with zero attached hydrogens (tertiary/aromatic N) is 2. The summed E-state index contributed by atoms with van der Waals surface area (Å²) in [6.07, 6.45) is 2.67. The van der Waals surface area contributed by atoms with Gasteiger partial charge in [0.2, 0.25) is 0 Å². The van der Waals surface area contributed by atoms with Gasteiger partial charge in [-0.1, -0.05) is 60.7 Å². The normalized spacial score (nSPS) is 20.1. The molecule has 1 aliphatic carbocycles. The Labute approximate surface area is 182 Å². The summed E-state index contributed by atoms with van der Waals surface area (Å²) in [7, 11) is -3.03. The van der Waals surface area contributed by atoms with E-state index in [0.717, 1.165) is 29.7 Å². The third kappa shape index (κ3) is 4.28. The summed E-state index contributed by atoms with van der Waals surface area (Å²) in [5.74, 6) is 0.412. The van der Waals surface area contributed by atoms with Crippen molar-refractivity contribution in [2.45, 2.75) is 37.3 Å². The summed E-state index contributed by atoms with van der Waals surface area (Å²) < 4.78 is 25.8. The van der Waals surface area contributed by atoms with E-state index in [1.807, 2.05) is 71.4 Å². The largest absolute Gasteiger partial charge is 0.340 e. The van der Waals surface area contributed by atoms with Crippen LogP contribution in [0.3, 0.4) is 0 Å². The monoisotopic (exact) mass is 435 g/mol. The van der Waals surface area contributed by atoms with Gasteiger partial charge in [-0.15, -0.1) is 0 Å². The molecule has 1 aromatic heterocycles. The maximum atomic E-state index is 13.2. The maximum absolute atomic E-state index is 13.2. The van der Waals surface area contributed by atoms with Crippen LogP contribution < -0.4 is 5.32 Å². The molecule has 1 aliphatic heterocycles. The summed E-state index contributed by atoms with van der Waals surface area (Å²) in [6, 6.07) is 21.1. The van der Waals surface area contributed by atoms with E-state index in [1.54, 1.807) is 0 Å². The minimum Gasteiger partial charge on any atom is -0.340 e. The average molecular weight is 436 g/mol. The lowest BCUT2D eigenvalue weighted by Gasteiger charge is -2.19. The molecule has 0 unspecified atom stereocenters. The third-order valence-electron chi connectivity index (χ3n) is 6.09. The molecule has 1 atom stereocenters. The Morgan fingerprint density at radius 2 is 1.58 bits per heavy atom. The highest BCUT2D eigenvalue weighted by atomic mass is 32.2. The summed E-state index contributed by atoms with van der Waals surface area (Å²) in [5, 5.41) is 7.74. The van der Waals surface area contributed by atoms with Crippen LogP contribution in [0, 0.1) is 0 Å². The van der Waals surface area contributed by atoms with Gasteiger partial charge in [-0.05, 0) is 36.5 Å². The predicted molar refractivity (Wildman–Crippen MR) is 119 cm³/mol. The van der Waals surface area contributed by atoms with E-state index in [-0.39, 0.29) is 29.5 Å². The van der Waals surface area contributed by atoms with Crippen LogP contribution in [-0.4, -0.2) is 35.6 Å². The predicted octanol–water partition coefficient (Wildman–Crippen LogP) is 3.64. The molecule has 1 saturated heterocycles. The van der Waals surface area contributed by atoms with Gasteiger partial charge in [0, 0.05) is 11.6 Å². The fourth-order valence-electron chi connectivity index (χ4n) is 4.32. The van der Waals surface area contributed by atoms with Crippen LogP contribution in [-0.2, 0) is 9.84 Å². The lowest BCUT2D eigenvalue weighted by atomic mass is 9.98. The van der Waals surface area contributed by atoms with Crippen molar-refractivity contribution in [2.75, 3.05) is 11.5 Å². The first-order chi connectivity index (χ1) is 15.0. The zero-order valence-corrected chi connectivity index (χ0v) is 18.0. The minimum atomic E-state index is -3.03. The van der Waals surface area contributed by atoms with Gasteiger partial charge in [0.05, 0.1) is 23.6 Å². The highest BCUT2D eigenvalue weighted by Crippen LogP contribution is 2.42. The number of carbonyl (C=O) groups is 1. The smallest absolute Gasteiger partial charge is 0.272 e. The van der Waals surface area contributed by atoms with Gasteiger partial charge < -0.3 is 5.32 Å². The molecule has 7 heteroatoms. The number of hydrogen-bond acceptors (Lipinski definition) is 4. The van der Waals surface area contributed by atoms with Crippen molar-refractivity contribution in [1.82, 2.24) is 15.1 Å². The number of carbonyl (C=O) groups excluding carboxylic acids is 1. The fourth-order valence-corrected chi connectivity index (χ4v) is 6.01. The van der Waals surface area contributed by atoms with Crippen molar-refractivity contribution in [3.05, 3.63) is 89.2 Å². The van der Waals surface area contributed by atoms with Crippen molar-refractivity contribution < 1.29 is 13.2 Å². The van der Waals surface area contributed by atoms with E-state index in [2.05, 4.69) is 10.4 Å². The molecule has 0 bridgehead atoms. The number of rotatable bonds is 6. The van der Waals surface area contributed by atoms with E-state index in [1.165, 1.54) is 0 Å². The lowest BCUT2D eigenvalue weighted by Crippen LogP contribution is -2.30. The summed E-state index contributed by atoms with van der Waals surface area (Å²) in [6.45, 7) is 0. The van der Waals surface area contributed by atoms with Gasteiger partial charge in [0.15, 0.2) is 9.84 Å². The second-order valence-electron chi connectivity index (χ2n) is 8.46. The van der Waals surface area contributed by atoms with Crippen molar-refractivity contribution in [3.63, 3.8) is 0 Å². The van der Waals surface area contributed by atoms with Crippen LogP contribution in [0.2, 0.25) is 0 Å². The molecular weight excluding hydrogens is 410 g/mol. The molecular formula is C24H25N3O3S. The Morgan fingerprint density at radius 1 is 0.968 bits per heavy atom. The lowest BCUT2D eigenvalue weighted by molar-refractivity contribution is 0.0937. The molecule has 1 N–H and O–H groups in total. The molecule has 3 aromatic rings. The number of benzene rings is 2. The molecule has 2 aliphatic rings. The average Bonchev–Trinajstić information content (AvgIpc) is 3.43. The molecule has 5 rings (SSSR count). The number of amides is 1. The van der Waals surface area contributed by atoms with E-state index in [0.29, 0.717) is 18.0 Å². The van der Waals surface area contributed by atoms with E-state index in [4.69, 9.17) is 0 Å². The molecule has 31 heavy (non-hydrogen) atoms. The highest BCUT2D eigenvalue weighted by molar-refractivity contribution is 7.91. The Kier molecular flexibility index (Phi) is 5.14. The standard InChI is InChI=1S/C24H25N3O3S/c28-24(25-23(18-7-3-1-4-8-18)19-9-5-2-6-10-19)21-15-22(17-11-12-17)27(26-21)20-13-14-31(29,30)16-20/h1-10,15,17,20,23H,11-14,16H2,(H,25,28)/t20-/m1/s1. The molecule has 0 spiro atoms. The van der Waals surface area contributed by atoms with Crippen molar-refractivity contribution in [2.24, 2.45) is 0 Å². The van der Waals surface area contributed by atoms with Crippen LogP contribution in [0.15, 0.2) is 66.7 Å². The minimum absolute atomic E-state index is 0.103. The topological polar surface area (TPSA) is 81.1 Å². The molecule has 2 heterocycles. The van der Waals surface area contributed by atoms with Gasteiger partial charge in [0.1, 0.15) is 5.69 Å². The van der Waals surface area contributed by atoms with Crippen molar-refractivity contribution in [3.8, 4) is 0 Å². The quantitative estimate of drug-likeness (QED) is 0.641. The Morgan fingerprint density at radius 3 is 2.10 bits per heavy atom. The molecule has 0 radical (unpaired) electrons. The van der Waals surface area contributed by atoms with E-state index < -0.39 is 9.84 Å². The molecule has 6 nitrogen and oxygen atoms in total. The Balaban J connectivity index is 1.45. The summed E-state index contributed by atoms with van der Waals surface area (Å²) in [5.41, 5.74) is 3.32. The molecule has 1 saturated carbocycles. The van der Waals surface area contributed by atoms with Crippen LogP contribution in [0.25, 0.3) is 0 Å². The number of sulfone groups is 1. The van der Waals surface area contributed by atoms with Gasteiger partial charge in [-0.2, -0.15) is 5.10 Å². The van der Waals surface area contributed by atoms with Crippen LogP contribution in [0.1, 0.15) is 64.6 Å². The first-order valence-corrected chi connectivity index (χ1v) is 12.5. The Hall–Kier alpha value is -2.93. The number of hydrogen-bond donors (Lipinski definition) is 1. The molecule has 2 aromatic carbocycles. The molecule has 160 valence electrons. The van der Waals surface area contributed by atoms with Gasteiger partial charge in [-0.3, -0.25) is 9.48 Å². The zero-order chi connectivity index (χ0) is 21.4. The van der Waals surface area contributed by atoms with Gasteiger partial charge >= 0.3 is 0 Å². The molecule has 1 amide bonds. The maximum Gasteiger partial charge on any atom is 0.272 e. The SMILES string of the molecule is O=C(NC(c1ccccc1)c1ccccc1)c1cc(C2CC2)n([C@@H]2CCS(=O)(=O)C2)n1. The molecule has 2 fully saturated rings. The number of nitrogens with one attached hydrogen (secondary N) is 1. The van der Waals surface area contributed by atoms with E-state index >= 15 is 0 Å². The number of aromatic nitrogens is 2. The van der Waals surface area contributed by atoms with Crippen LogP contribution in [0.4, 0.5) is 0 Å². The second kappa shape index (κ2) is 7.96. The highest BCUT2D eigenvalue weighted by Gasteiger charge is 2.36. The summed E-state index contributed by atoms with van der Waals surface area (Å²) >= 11 is 0. The summed E-state index contributed by atoms with van der Waals surface area (Å²) in [4.78, 5) is 13.2. The van der Waals surface area contributed by atoms with Gasteiger partial charge in [-0.25, -0.2) is 8.42 Å². The van der Waals surface area contributed by atoms with Crippen molar-refractivity contribution >= 4 is 15.7 Å². The van der Waals surface area contributed by atoms with Crippen LogP contribution >= 0.6 is 0 Å². The van der Waals surface area contributed by atoms with Gasteiger partial charge in [0.25, 0.3) is 5.91 Å². The third-order valence-corrected chi connectivity index (χ3v) is 7.84. The van der Waals surface area contributed by atoms with Crippen molar-refractivity contribution in [1.29, 1.82) is 0 Å².